The monoisotopic (exact) mass is 208 g/mol. The molecule has 0 aromatic heterocycles. The molecule has 0 spiro atoms. The average Bonchev–Trinajstić information content (AvgIpc) is 2.35. The number of hydrogen-bond donors (Lipinski definition) is 0. The third kappa shape index (κ3) is 3.92. The van der Waals surface area contributed by atoms with Gasteiger partial charge in [0.15, 0.2) is 6.07 Å². The predicted octanol–water partition coefficient (Wildman–Crippen LogP) is 2.55. The largest absolute Gasteiger partial charge is 0.193 e. The fourth-order valence-electron chi connectivity index (χ4n) is 1.86. The van der Waals surface area contributed by atoms with Gasteiger partial charge in [-0.05, 0) is 24.7 Å². The molecule has 1 aliphatic carbocycles. The summed E-state index contributed by atoms with van der Waals surface area (Å²) in [4.78, 5) is 0. The van der Waals surface area contributed by atoms with E-state index in [0.717, 1.165) is 18.4 Å². The minimum atomic E-state index is 0.372. The minimum Gasteiger partial charge on any atom is -0.193 e. The maximum atomic E-state index is 9.01. The van der Waals surface area contributed by atoms with E-state index in [0.29, 0.717) is 5.92 Å². The van der Waals surface area contributed by atoms with Crippen LogP contribution in [-0.2, 0) is 0 Å². The Labute approximate surface area is 96.6 Å². The topological polar surface area (TPSA) is 47.6 Å². The Kier molecular flexibility index (Phi) is 5.34. The molecule has 78 valence electrons. The van der Waals surface area contributed by atoms with Gasteiger partial charge in [0.2, 0.25) is 0 Å². The number of nitrogens with zero attached hydrogens (tertiary/aromatic N) is 2. The number of nitriles is 2. The first kappa shape index (κ1) is 11.9. The summed E-state index contributed by atoms with van der Waals surface area (Å²) in [6.45, 7) is 0. The normalized spacial score (nSPS) is 15.8. The summed E-state index contributed by atoms with van der Waals surface area (Å²) in [6.07, 6.45) is 7.49. The summed E-state index contributed by atoms with van der Waals surface area (Å²) in [6, 6.07) is 3.89. The van der Waals surface area contributed by atoms with Crippen LogP contribution in [-0.4, -0.2) is 0 Å². The molecule has 0 aliphatic heterocycles. The van der Waals surface area contributed by atoms with Crippen molar-refractivity contribution in [2.45, 2.75) is 32.1 Å². The summed E-state index contributed by atoms with van der Waals surface area (Å²) >= 11 is 0. The highest BCUT2D eigenvalue weighted by Crippen LogP contribution is 2.28. The third-order valence-corrected chi connectivity index (χ3v) is 2.65. The molecule has 0 atom stereocenters. The van der Waals surface area contributed by atoms with Gasteiger partial charge in [-0.25, -0.2) is 0 Å². The SMILES string of the molecule is N#CC#CC#C/C=C(/C#N)C1CCCCC1. The fourth-order valence-corrected chi connectivity index (χ4v) is 1.86. The van der Waals surface area contributed by atoms with Gasteiger partial charge in [0.05, 0.1) is 6.07 Å². The molecule has 1 rings (SSSR count). The highest BCUT2D eigenvalue weighted by atomic mass is 14.3. The molecule has 2 heteroatoms. The van der Waals surface area contributed by atoms with E-state index in [2.05, 4.69) is 29.8 Å². The van der Waals surface area contributed by atoms with E-state index in [1.807, 2.05) is 0 Å². The zero-order chi connectivity index (χ0) is 11.6. The molecule has 0 aromatic rings. The van der Waals surface area contributed by atoms with Crippen LogP contribution in [0.25, 0.3) is 0 Å². The summed E-state index contributed by atoms with van der Waals surface area (Å²) in [5.41, 5.74) is 0.756. The van der Waals surface area contributed by atoms with Crippen molar-refractivity contribution in [3.63, 3.8) is 0 Å². The number of hydrogen-bond acceptors (Lipinski definition) is 2. The highest BCUT2D eigenvalue weighted by molar-refractivity contribution is 5.39. The van der Waals surface area contributed by atoms with Gasteiger partial charge >= 0.3 is 0 Å². The zero-order valence-electron chi connectivity index (χ0n) is 9.08. The Morgan fingerprint density at radius 2 is 1.75 bits per heavy atom. The summed E-state index contributed by atoms with van der Waals surface area (Å²) in [5.74, 6) is 10.2. The lowest BCUT2D eigenvalue weighted by molar-refractivity contribution is 0.409. The summed E-state index contributed by atoms with van der Waals surface area (Å²) in [7, 11) is 0. The van der Waals surface area contributed by atoms with Crippen LogP contribution in [0.1, 0.15) is 32.1 Å². The first-order chi connectivity index (χ1) is 7.88. The van der Waals surface area contributed by atoms with Gasteiger partial charge in [0.25, 0.3) is 0 Å². The van der Waals surface area contributed by atoms with Crippen LogP contribution in [0.3, 0.4) is 0 Å². The van der Waals surface area contributed by atoms with Gasteiger partial charge in [-0.3, -0.25) is 0 Å². The maximum absolute atomic E-state index is 9.01. The van der Waals surface area contributed by atoms with Gasteiger partial charge in [-0.1, -0.05) is 25.2 Å². The highest BCUT2D eigenvalue weighted by Gasteiger charge is 2.16. The van der Waals surface area contributed by atoms with E-state index in [1.54, 1.807) is 12.1 Å². The Morgan fingerprint density at radius 3 is 2.38 bits per heavy atom. The van der Waals surface area contributed by atoms with Crippen molar-refractivity contribution in [1.82, 2.24) is 0 Å². The first-order valence-electron chi connectivity index (χ1n) is 5.38. The summed E-state index contributed by atoms with van der Waals surface area (Å²) in [5, 5.41) is 17.2. The minimum absolute atomic E-state index is 0.372. The van der Waals surface area contributed by atoms with Crippen molar-refractivity contribution in [3.8, 4) is 35.8 Å². The second-order valence-corrected chi connectivity index (χ2v) is 3.68. The van der Waals surface area contributed by atoms with Crippen LogP contribution >= 0.6 is 0 Å². The van der Waals surface area contributed by atoms with Crippen molar-refractivity contribution in [3.05, 3.63) is 11.6 Å². The van der Waals surface area contributed by atoms with Crippen LogP contribution in [0.15, 0.2) is 11.6 Å². The van der Waals surface area contributed by atoms with Crippen molar-refractivity contribution < 1.29 is 0 Å². The Balaban J connectivity index is 2.66. The molecule has 0 amide bonds. The molecule has 0 unspecified atom stereocenters. The first-order valence-corrected chi connectivity index (χ1v) is 5.38. The van der Waals surface area contributed by atoms with Crippen LogP contribution in [0.4, 0.5) is 0 Å². The molecule has 0 aromatic carbocycles. The Hall–Kier alpha value is -2.16. The molecular formula is C14H12N2. The molecule has 0 N–H and O–H groups in total. The lowest BCUT2D eigenvalue weighted by Gasteiger charge is -2.19. The van der Waals surface area contributed by atoms with E-state index in [-0.39, 0.29) is 0 Å². The third-order valence-electron chi connectivity index (χ3n) is 2.65. The van der Waals surface area contributed by atoms with Gasteiger partial charge in [0, 0.05) is 23.5 Å². The van der Waals surface area contributed by atoms with Crippen LogP contribution in [0.5, 0.6) is 0 Å². The van der Waals surface area contributed by atoms with E-state index in [9.17, 15) is 0 Å². The molecule has 0 heterocycles. The van der Waals surface area contributed by atoms with Crippen molar-refractivity contribution >= 4 is 0 Å². The molecule has 1 saturated carbocycles. The van der Waals surface area contributed by atoms with Crippen LogP contribution in [0, 0.1) is 52.3 Å². The molecule has 16 heavy (non-hydrogen) atoms. The molecule has 1 fully saturated rings. The van der Waals surface area contributed by atoms with Gasteiger partial charge in [0.1, 0.15) is 0 Å². The Morgan fingerprint density at radius 1 is 1.00 bits per heavy atom. The van der Waals surface area contributed by atoms with Gasteiger partial charge < -0.3 is 0 Å². The predicted molar refractivity (Wildman–Crippen MR) is 61.4 cm³/mol. The zero-order valence-corrected chi connectivity index (χ0v) is 9.08. The van der Waals surface area contributed by atoms with Crippen molar-refractivity contribution in [1.29, 1.82) is 10.5 Å². The van der Waals surface area contributed by atoms with Crippen molar-refractivity contribution in [2.24, 2.45) is 5.92 Å². The Bertz CT molecular complexity index is 457. The standard InChI is InChI=1S/C14H12N2/c15-11-7-2-1-4-10-14(12-16)13-8-5-3-6-9-13/h10,13H,3,5-6,8-9H2/b14-10-. The number of allylic oxidation sites excluding steroid dienone is 2. The maximum Gasteiger partial charge on any atom is 0.153 e. The number of rotatable bonds is 1. The molecule has 0 saturated heterocycles. The molecule has 0 bridgehead atoms. The second-order valence-electron chi connectivity index (χ2n) is 3.68. The quantitative estimate of drug-likeness (QED) is 0.491. The molecule has 1 aliphatic rings. The lowest BCUT2D eigenvalue weighted by atomic mass is 9.84. The average molecular weight is 208 g/mol. The molecule has 2 nitrogen and oxygen atoms in total. The van der Waals surface area contributed by atoms with Gasteiger partial charge in [-0.15, -0.1) is 0 Å². The van der Waals surface area contributed by atoms with E-state index in [4.69, 9.17) is 10.5 Å². The van der Waals surface area contributed by atoms with E-state index in [1.165, 1.54) is 19.3 Å². The molecule has 0 radical (unpaired) electrons. The molecular weight excluding hydrogens is 196 g/mol. The van der Waals surface area contributed by atoms with Crippen LogP contribution < -0.4 is 0 Å². The van der Waals surface area contributed by atoms with Crippen molar-refractivity contribution in [2.75, 3.05) is 0 Å². The van der Waals surface area contributed by atoms with E-state index >= 15 is 0 Å². The smallest absolute Gasteiger partial charge is 0.153 e. The van der Waals surface area contributed by atoms with E-state index < -0.39 is 0 Å². The fraction of sp³-hybridized carbons (Fsp3) is 0.429. The lowest BCUT2D eigenvalue weighted by Crippen LogP contribution is -2.07. The second kappa shape index (κ2) is 7.17. The van der Waals surface area contributed by atoms with Gasteiger partial charge in [-0.2, -0.15) is 10.5 Å². The van der Waals surface area contributed by atoms with Crippen LogP contribution in [0.2, 0.25) is 0 Å². The summed E-state index contributed by atoms with van der Waals surface area (Å²) < 4.78 is 0.